The molecule has 0 unspecified atom stereocenters. The van der Waals surface area contributed by atoms with Gasteiger partial charge in [0.05, 0.1) is 0 Å². The molecule has 0 bridgehead atoms. The van der Waals surface area contributed by atoms with Gasteiger partial charge in [-0.3, -0.25) is 0 Å². The first-order chi connectivity index (χ1) is 6.72. The number of fused-ring (bicyclic) bond motifs is 3. The summed E-state index contributed by atoms with van der Waals surface area (Å²) in [6.07, 6.45) is 4.55. The lowest BCUT2D eigenvalue weighted by atomic mass is 9.84. The van der Waals surface area contributed by atoms with Crippen LogP contribution in [0.3, 0.4) is 0 Å². The van der Waals surface area contributed by atoms with Crippen molar-refractivity contribution < 1.29 is 4.74 Å². The zero-order chi connectivity index (χ0) is 9.76. The van der Waals surface area contributed by atoms with Crippen molar-refractivity contribution in [1.82, 2.24) is 0 Å². The van der Waals surface area contributed by atoms with Crippen LogP contribution in [0.1, 0.15) is 25.3 Å². The summed E-state index contributed by atoms with van der Waals surface area (Å²) in [6, 6.07) is 8.37. The Balaban J connectivity index is 2.16. The Labute approximate surface area is 84.4 Å². The largest absolute Gasteiger partial charge is 0.486 e. The summed E-state index contributed by atoms with van der Waals surface area (Å²) >= 11 is 0. The van der Waals surface area contributed by atoms with E-state index >= 15 is 0 Å². The van der Waals surface area contributed by atoms with E-state index in [0.717, 1.165) is 5.75 Å². The Morgan fingerprint density at radius 3 is 2.86 bits per heavy atom. The van der Waals surface area contributed by atoms with Gasteiger partial charge in [-0.2, -0.15) is 0 Å². The van der Waals surface area contributed by atoms with Crippen LogP contribution >= 0.6 is 0 Å². The first kappa shape index (κ1) is 8.10. The molecule has 3 rings (SSSR count). The molecule has 2 aliphatic rings. The molecule has 0 amide bonds. The van der Waals surface area contributed by atoms with Crippen LogP contribution in [-0.4, -0.2) is 5.60 Å². The van der Waals surface area contributed by atoms with E-state index < -0.39 is 0 Å². The van der Waals surface area contributed by atoms with Gasteiger partial charge in [-0.15, -0.1) is 0 Å². The fraction of sp³-hybridized carbons (Fsp3) is 0.385. The van der Waals surface area contributed by atoms with Crippen LogP contribution in [0, 0.1) is 5.92 Å². The number of para-hydroxylation sites is 1. The molecule has 0 saturated heterocycles. The second-order valence-corrected chi connectivity index (χ2v) is 4.47. The van der Waals surface area contributed by atoms with Crippen LogP contribution in [0.4, 0.5) is 0 Å². The summed E-state index contributed by atoms with van der Waals surface area (Å²) in [4.78, 5) is 0. The summed E-state index contributed by atoms with van der Waals surface area (Å²) < 4.78 is 6.07. The van der Waals surface area contributed by atoms with Crippen LogP contribution in [0.2, 0.25) is 0 Å². The molecule has 1 aliphatic heterocycles. The quantitative estimate of drug-likeness (QED) is 0.566. The van der Waals surface area contributed by atoms with Crippen LogP contribution in [0.15, 0.2) is 36.4 Å². The molecular weight excluding hydrogens is 172 g/mol. The van der Waals surface area contributed by atoms with Crippen molar-refractivity contribution in [3.05, 3.63) is 42.0 Å². The Bertz CT molecular complexity index is 407. The molecule has 1 nitrogen and oxygen atoms in total. The van der Waals surface area contributed by atoms with E-state index in [4.69, 9.17) is 4.74 Å². The maximum absolute atomic E-state index is 6.07. The van der Waals surface area contributed by atoms with Crippen molar-refractivity contribution in [2.45, 2.75) is 25.4 Å². The van der Waals surface area contributed by atoms with Gasteiger partial charge in [0.25, 0.3) is 0 Å². The topological polar surface area (TPSA) is 9.23 Å². The minimum atomic E-state index is -0.0380. The van der Waals surface area contributed by atoms with Crippen molar-refractivity contribution >= 4 is 0 Å². The van der Waals surface area contributed by atoms with E-state index in [-0.39, 0.29) is 5.60 Å². The minimum absolute atomic E-state index is 0.0380. The fourth-order valence-electron chi connectivity index (χ4n) is 2.58. The smallest absolute Gasteiger partial charge is 0.124 e. The molecule has 0 spiro atoms. The lowest BCUT2D eigenvalue weighted by Gasteiger charge is -2.28. The van der Waals surface area contributed by atoms with E-state index in [0.29, 0.717) is 11.8 Å². The zero-order valence-corrected chi connectivity index (χ0v) is 8.53. The number of rotatable bonds is 0. The molecule has 1 aliphatic carbocycles. The van der Waals surface area contributed by atoms with Gasteiger partial charge >= 0.3 is 0 Å². The standard InChI is InChI=1S/C13H14O/c1-9-7-8-11-10-5-3-4-6-12(10)14-13(9,11)2/h3-9,11H,1-2H3/t9-,11+,13+/m0/s1. The van der Waals surface area contributed by atoms with E-state index in [1.807, 2.05) is 6.07 Å². The van der Waals surface area contributed by atoms with E-state index in [2.05, 4.69) is 44.2 Å². The molecule has 0 radical (unpaired) electrons. The van der Waals surface area contributed by atoms with Gasteiger partial charge in [0.1, 0.15) is 11.4 Å². The van der Waals surface area contributed by atoms with Gasteiger partial charge in [0, 0.05) is 17.4 Å². The monoisotopic (exact) mass is 186 g/mol. The Morgan fingerprint density at radius 2 is 2.00 bits per heavy atom. The van der Waals surface area contributed by atoms with Crippen LogP contribution in [0.5, 0.6) is 5.75 Å². The van der Waals surface area contributed by atoms with Gasteiger partial charge < -0.3 is 4.74 Å². The summed E-state index contributed by atoms with van der Waals surface area (Å²) in [5, 5.41) is 0. The highest BCUT2D eigenvalue weighted by molar-refractivity contribution is 5.48. The maximum Gasteiger partial charge on any atom is 0.124 e. The average molecular weight is 186 g/mol. The molecule has 1 aromatic carbocycles. The molecule has 0 fully saturated rings. The number of hydrogen-bond donors (Lipinski definition) is 0. The summed E-state index contributed by atoms with van der Waals surface area (Å²) in [7, 11) is 0. The second kappa shape index (κ2) is 2.41. The van der Waals surface area contributed by atoms with Gasteiger partial charge in [-0.1, -0.05) is 37.3 Å². The lowest BCUT2D eigenvalue weighted by molar-refractivity contribution is 0.0745. The fourth-order valence-corrected chi connectivity index (χ4v) is 2.58. The molecular formula is C13H14O. The van der Waals surface area contributed by atoms with Crippen molar-refractivity contribution in [3.8, 4) is 5.75 Å². The maximum atomic E-state index is 6.07. The van der Waals surface area contributed by atoms with Crippen molar-refractivity contribution in [2.75, 3.05) is 0 Å². The second-order valence-electron chi connectivity index (χ2n) is 4.47. The van der Waals surface area contributed by atoms with Crippen LogP contribution in [-0.2, 0) is 0 Å². The van der Waals surface area contributed by atoms with E-state index in [1.54, 1.807) is 0 Å². The van der Waals surface area contributed by atoms with Crippen molar-refractivity contribution in [3.63, 3.8) is 0 Å². The summed E-state index contributed by atoms with van der Waals surface area (Å²) in [6.45, 7) is 4.44. The highest BCUT2D eigenvalue weighted by atomic mass is 16.5. The summed E-state index contributed by atoms with van der Waals surface area (Å²) in [5.41, 5.74) is 1.31. The Kier molecular flexibility index (Phi) is 1.40. The third-order valence-corrected chi connectivity index (χ3v) is 3.70. The number of benzene rings is 1. The minimum Gasteiger partial charge on any atom is -0.486 e. The van der Waals surface area contributed by atoms with Gasteiger partial charge in [0.2, 0.25) is 0 Å². The molecule has 14 heavy (non-hydrogen) atoms. The molecule has 3 atom stereocenters. The zero-order valence-electron chi connectivity index (χ0n) is 8.53. The molecule has 1 heterocycles. The van der Waals surface area contributed by atoms with Gasteiger partial charge in [-0.25, -0.2) is 0 Å². The highest BCUT2D eigenvalue weighted by Crippen LogP contribution is 2.52. The SMILES string of the molecule is C[C@H]1C=C[C@@H]2c3ccccc3O[C@@]21C. The molecule has 1 heteroatoms. The predicted molar refractivity (Wildman–Crippen MR) is 56.5 cm³/mol. The van der Waals surface area contributed by atoms with Crippen molar-refractivity contribution in [2.24, 2.45) is 5.92 Å². The Hall–Kier alpha value is -1.24. The van der Waals surface area contributed by atoms with E-state index in [1.165, 1.54) is 5.56 Å². The van der Waals surface area contributed by atoms with Crippen LogP contribution in [0.25, 0.3) is 0 Å². The third-order valence-electron chi connectivity index (χ3n) is 3.70. The number of ether oxygens (including phenoxy) is 1. The van der Waals surface area contributed by atoms with E-state index in [9.17, 15) is 0 Å². The molecule has 0 N–H and O–H groups in total. The summed E-state index contributed by atoms with van der Waals surface area (Å²) in [5.74, 6) is 2.02. The molecule has 72 valence electrons. The lowest BCUT2D eigenvalue weighted by Crippen LogP contribution is -2.36. The van der Waals surface area contributed by atoms with Crippen molar-refractivity contribution in [1.29, 1.82) is 0 Å². The first-order valence-electron chi connectivity index (χ1n) is 5.18. The first-order valence-corrected chi connectivity index (χ1v) is 5.18. The molecule has 0 saturated carbocycles. The van der Waals surface area contributed by atoms with Gasteiger partial charge in [0.15, 0.2) is 0 Å². The highest BCUT2D eigenvalue weighted by Gasteiger charge is 2.49. The normalized spacial score (nSPS) is 37.9. The Morgan fingerprint density at radius 1 is 1.21 bits per heavy atom. The van der Waals surface area contributed by atoms with Gasteiger partial charge in [-0.05, 0) is 13.0 Å². The molecule has 1 aromatic rings. The number of hydrogen-bond acceptors (Lipinski definition) is 1. The predicted octanol–water partition coefficient (Wildman–Crippen LogP) is 3.13. The molecule has 0 aromatic heterocycles. The third kappa shape index (κ3) is 0.802. The van der Waals surface area contributed by atoms with Crippen LogP contribution < -0.4 is 4.74 Å². The average Bonchev–Trinajstić information content (AvgIpc) is 2.61.